The quantitative estimate of drug-likeness (QED) is 0.863. The van der Waals surface area contributed by atoms with Gasteiger partial charge in [0.25, 0.3) is 0 Å². The SMILES string of the molecule is C[C@@H](NC[C@@]1(O)CCOC1)c1ccc(F)cc1F. The molecule has 1 fully saturated rings. The standard InChI is InChI=1S/C13H17F2NO2/c1-9(11-3-2-10(14)6-12(11)15)16-7-13(17)4-5-18-8-13/h2-3,6,9,16-17H,4-5,7-8H2,1H3/t9-,13+/m1/s1. The van der Waals surface area contributed by atoms with Gasteiger partial charge in [-0.3, -0.25) is 0 Å². The molecule has 0 spiro atoms. The van der Waals surface area contributed by atoms with Crippen LogP contribution in [0.1, 0.15) is 24.9 Å². The first-order chi connectivity index (χ1) is 8.50. The van der Waals surface area contributed by atoms with Gasteiger partial charge >= 0.3 is 0 Å². The zero-order valence-corrected chi connectivity index (χ0v) is 10.2. The van der Waals surface area contributed by atoms with E-state index in [9.17, 15) is 13.9 Å². The van der Waals surface area contributed by atoms with Gasteiger partial charge in [0.1, 0.15) is 17.2 Å². The molecule has 0 saturated carbocycles. The van der Waals surface area contributed by atoms with Gasteiger partial charge in [0.2, 0.25) is 0 Å². The molecule has 1 heterocycles. The molecule has 1 aliphatic rings. The lowest BCUT2D eigenvalue weighted by Crippen LogP contribution is -2.42. The molecule has 1 aromatic carbocycles. The predicted molar refractivity (Wildman–Crippen MR) is 63.2 cm³/mol. The fourth-order valence-electron chi connectivity index (χ4n) is 2.04. The van der Waals surface area contributed by atoms with Gasteiger partial charge < -0.3 is 15.2 Å². The van der Waals surface area contributed by atoms with Crippen LogP contribution in [0, 0.1) is 11.6 Å². The molecule has 1 aromatic rings. The minimum Gasteiger partial charge on any atom is -0.386 e. The van der Waals surface area contributed by atoms with Crippen LogP contribution in [0.3, 0.4) is 0 Å². The summed E-state index contributed by atoms with van der Waals surface area (Å²) >= 11 is 0. The van der Waals surface area contributed by atoms with Crippen LogP contribution >= 0.6 is 0 Å². The first-order valence-electron chi connectivity index (χ1n) is 5.99. The maximum Gasteiger partial charge on any atom is 0.130 e. The third-order valence-corrected chi connectivity index (χ3v) is 3.25. The second-order valence-electron chi connectivity index (χ2n) is 4.80. The van der Waals surface area contributed by atoms with Crippen molar-refractivity contribution in [2.24, 2.45) is 0 Å². The molecule has 2 N–H and O–H groups in total. The van der Waals surface area contributed by atoms with Crippen molar-refractivity contribution in [1.82, 2.24) is 5.32 Å². The molecule has 0 bridgehead atoms. The van der Waals surface area contributed by atoms with Crippen molar-refractivity contribution >= 4 is 0 Å². The molecular formula is C13H17F2NO2. The number of ether oxygens (including phenoxy) is 1. The van der Waals surface area contributed by atoms with Crippen LogP contribution in [-0.4, -0.2) is 30.5 Å². The maximum absolute atomic E-state index is 13.5. The van der Waals surface area contributed by atoms with Crippen LogP contribution in [0.2, 0.25) is 0 Å². The lowest BCUT2D eigenvalue weighted by atomic mass is 10.0. The molecule has 0 amide bonds. The van der Waals surface area contributed by atoms with E-state index in [4.69, 9.17) is 4.74 Å². The predicted octanol–water partition coefficient (Wildman–Crippen LogP) is 1.77. The van der Waals surface area contributed by atoms with E-state index in [1.54, 1.807) is 6.92 Å². The summed E-state index contributed by atoms with van der Waals surface area (Å²) in [5.41, 5.74) is -0.496. The highest BCUT2D eigenvalue weighted by Crippen LogP contribution is 2.21. The van der Waals surface area contributed by atoms with Gasteiger partial charge in [0.15, 0.2) is 0 Å². The van der Waals surface area contributed by atoms with Crippen LogP contribution in [0.25, 0.3) is 0 Å². The summed E-state index contributed by atoms with van der Waals surface area (Å²) in [5.74, 6) is -1.17. The molecule has 0 aromatic heterocycles. The van der Waals surface area contributed by atoms with Crippen LogP contribution in [0.5, 0.6) is 0 Å². The number of halogens is 2. The molecular weight excluding hydrogens is 240 g/mol. The Kier molecular flexibility index (Phi) is 3.94. The number of rotatable bonds is 4. The average Bonchev–Trinajstić information content (AvgIpc) is 2.74. The fraction of sp³-hybridized carbons (Fsp3) is 0.538. The summed E-state index contributed by atoms with van der Waals surface area (Å²) in [6.07, 6.45) is 0.568. The van der Waals surface area contributed by atoms with E-state index in [0.29, 0.717) is 31.7 Å². The molecule has 1 aliphatic heterocycles. The topological polar surface area (TPSA) is 41.5 Å². The zero-order valence-electron chi connectivity index (χ0n) is 10.2. The van der Waals surface area contributed by atoms with E-state index in [-0.39, 0.29) is 6.04 Å². The third-order valence-electron chi connectivity index (χ3n) is 3.25. The first-order valence-corrected chi connectivity index (χ1v) is 5.99. The lowest BCUT2D eigenvalue weighted by Gasteiger charge is -2.24. The van der Waals surface area contributed by atoms with Gasteiger partial charge in [-0.2, -0.15) is 0 Å². The minimum absolute atomic E-state index is 0.290. The fourth-order valence-corrected chi connectivity index (χ4v) is 2.04. The van der Waals surface area contributed by atoms with Crippen LogP contribution < -0.4 is 5.32 Å². The molecule has 5 heteroatoms. The molecule has 0 unspecified atom stereocenters. The Bertz CT molecular complexity index is 419. The van der Waals surface area contributed by atoms with Crippen molar-refractivity contribution in [2.45, 2.75) is 25.0 Å². The lowest BCUT2D eigenvalue weighted by molar-refractivity contribution is 0.0251. The Balaban J connectivity index is 1.97. The van der Waals surface area contributed by atoms with Gasteiger partial charge in [0, 0.05) is 37.2 Å². The van der Waals surface area contributed by atoms with Crippen molar-refractivity contribution in [3.63, 3.8) is 0 Å². The molecule has 100 valence electrons. The van der Waals surface area contributed by atoms with Crippen molar-refractivity contribution in [3.05, 3.63) is 35.4 Å². The maximum atomic E-state index is 13.5. The molecule has 3 nitrogen and oxygen atoms in total. The molecule has 1 saturated heterocycles. The minimum atomic E-state index is -0.884. The Labute approximate surface area is 105 Å². The van der Waals surface area contributed by atoms with Gasteiger partial charge in [-0.1, -0.05) is 6.07 Å². The van der Waals surface area contributed by atoms with E-state index in [1.165, 1.54) is 12.1 Å². The highest BCUT2D eigenvalue weighted by atomic mass is 19.1. The summed E-state index contributed by atoms with van der Waals surface area (Å²) in [7, 11) is 0. The van der Waals surface area contributed by atoms with Gasteiger partial charge in [-0.15, -0.1) is 0 Å². The largest absolute Gasteiger partial charge is 0.386 e. The summed E-state index contributed by atoms with van der Waals surface area (Å²) in [4.78, 5) is 0. The second-order valence-corrected chi connectivity index (χ2v) is 4.80. The summed E-state index contributed by atoms with van der Waals surface area (Å²) in [6, 6.07) is 3.21. The first kappa shape index (κ1) is 13.4. The smallest absolute Gasteiger partial charge is 0.130 e. The Morgan fingerprint density at radius 1 is 1.50 bits per heavy atom. The van der Waals surface area contributed by atoms with Crippen LogP contribution in [0.4, 0.5) is 8.78 Å². The van der Waals surface area contributed by atoms with Crippen molar-refractivity contribution in [2.75, 3.05) is 19.8 Å². The Morgan fingerprint density at radius 3 is 2.89 bits per heavy atom. The van der Waals surface area contributed by atoms with Crippen LogP contribution in [0.15, 0.2) is 18.2 Å². The van der Waals surface area contributed by atoms with Crippen molar-refractivity contribution in [1.29, 1.82) is 0 Å². The van der Waals surface area contributed by atoms with Crippen molar-refractivity contribution in [3.8, 4) is 0 Å². The zero-order chi connectivity index (χ0) is 13.2. The van der Waals surface area contributed by atoms with E-state index in [0.717, 1.165) is 6.07 Å². The molecule has 2 rings (SSSR count). The van der Waals surface area contributed by atoms with E-state index in [1.807, 2.05) is 0 Å². The number of benzene rings is 1. The number of aliphatic hydroxyl groups is 1. The normalized spacial score (nSPS) is 25.3. The molecule has 0 radical (unpaired) electrons. The van der Waals surface area contributed by atoms with Gasteiger partial charge in [0.05, 0.1) is 6.61 Å². The Morgan fingerprint density at radius 2 is 2.28 bits per heavy atom. The molecule has 0 aliphatic carbocycles. The van der Waals surface area contributed by atoms with Gasteiger partial charge in [-0.25, -0.2) is 8.78 Å². The van der Waals surface area contributed by atoms with E-state index < -0.39 is 17.2 Å². The monoisotopic (exact) mass is 257 g/mol. The van der Waals surface area contributed by atoms with Gasteiger partial charge in [-0.05, 0) is 13.0 Å². The average molecular weight is 257 g/mol. The highest BCUT2D eigenvalue weighted by Gasteiger charge is 2.32. The summed E-state index contributed by atoms with van der Waals surface area (Å²) in [5, 5.41) is 13.1. The number of hydrogen-bond donors (Lipinski definition) is 2. The van der Waals surface area contributed by atoms with Crippen LogP contribution in [-0.2, 0) is 4.74 Å². The van der Waals surface area contributed by atoms with Crippen molar-refractivity contribution < 1.29 is 18.6 Å². The second kappa shape index (κ2) is 5.30. The number of hydrogen-bond acceptors (Lipinski definition) is 3. The highest BCUT2D eigenvalue weighted by molar-refractivity contribution is 5.21. The Hall–Kier alpha value is -1.04. The van der Waals surface area contributed by atoms with E-state index in [2.05, 4.69) is 5.32 Å². The third kappa shape index (κ3) is 3.04. The van der Waals surface area contributed by atoms with E-state index >= 15 is 0 Å². The molecule has 2 atom stereocenters. The summed E-state index contributed by atoms with van der Waals surface area (Å²) in [6.45, 7) is 2.93. The molecule has 18 heavy (non-hydrogen) atoms. The number of nitrogens with one attached hydrogen (secondary N) is 1. The summed E-state index contributed by atoms with van der Waals surface area (Å²) < 4.78 is 31.4.